The lowest BCUT2D eigenvalue weighted by Crippen LogP contribution is -2.32. The molecule has 0 unspecified atom stereocenters. The Labute approximate surface area is 152 Å². The van der Waals surface area contributed by atoms with Crippen molar-refractivity contribution in [1.82, 2.24) is 19.5 Å². The Balaban J connectivity index is 1.95. The standard InChI is InChI=1S/C15H16N4O6S/c1-7(21)23-10-3-9(11(4-20)24-8(2)22)25-15(10)19-6-18-12-13(19)16-5-17-14(12)26/h4-6,9-11,15H,3H2,1-2H3,(H,16,17,26)/t9-,10+,11-,15+/m1/s1. The van der Waals surface area contributed by atoms with E-state index in [2.05, 4.69) is 15.0 Å². The summed E-state index contributed by atoms with van der Waals surface area (Å²) in [5.74, 6) is -1.11. The summed E-state index contributed by atoms with van der Waals surface area (Å²) in [7, 11) is 0. The van der Waals surface area contributed by atoms with Gasteiger partial charge in [0, 0.05) is 20.3 Å². The first-order valence-electron chi connectivity index (χ1n) is 7.76. The molecule has 1 aliphatic heterocycles. The normalized spacial score (nSPS) is 23.5. The van der Waals surface area contributed by atoms with Gasteiger partial charge in [-0.15, -0.1) is 0 Å². The smallest absolute Gasteiger partial charge is 0.303 e. The molecule has 26 heavy (non-hydrogen) atoms. The Morgan fingerprint density at radius 3 is 2.85 bits per heavy atom. The number of hydrogen-bond acceptors (Lipinski definition) is 9. The van der Waals surface area contributed by atoms with Crippen LogP contribution < -0.4 is 0 Å². The van der Waals surface area contributed by atoms with E-state index in [1.54, 1.807) is 4.57 Å². The summed E-state index contributed by atoms with van der Waals surface area (Å²) in [6.45, 7) is 2.47. The van der Waals surface area contributed by atoms with E-state index in [9.17, 15) is 14.4 Å². The third-order valence-corrected chi connectivity index (χ3v) is 4.17. The van der Waals surface area contributed by atoms with E-state index in [0.717, 1.165) is 0 Å². The Morgan fingerprint density at radius 1 is 1.42 bits per heavy atom. The molecule has 3 heterocycles. The second kappa shape index (κ2) is 7.30. The van der Waals surface area contributed by atoms with Crippen LogP contribution in [0, 0.1) is 4.64 Å². The molecule has 3 rings (SSSR count). The number of fused-ring (bicyclic) bond motifs is 1. The van der Waals surface area contributed by atoms with Crippen molar-refractivity contribution in [3.05, 3.63) is 17.3 Å². The number of esters is 2. The first-order chi connectivity index (χ1) is 12.4. The summed E-state index contributed by atoms with van der Waals surface area (Å²) in [5.41, 5.74) is 0.992. The fraction of sp³-hybridized carbons (Fsp3) is 0.467. The molecular formula is C15H16N4O6S. The molecule has 0 radical (unpaired) electrons. The molecule has 0 aromatic carbocycles. The number of carbonyl (C=O) groups excluding carboxylic acids is 3. The van der Waals surface area contributed by atoms with Crippen LogP contribution in [0.5, 0.6) is 0 Å². The molecule has 0 bridgehead atoms. The Hall–Kier alpha value is -2.66. The highest BCUT2D eigenvalue weighted by atomic mass is 32.1. The average Bonchev–Trinajstić information content (AvgIpc) is 3.16. The summed E-state index contributed by atoms with van der Waals surface area (Å²) in [6.07, 6.45) is 0.198. The van der Waals surface area contributed by atoms with Gasteiger partial charge in [0.2, 0.25) is 0 Å². The van der Waals surface area contributed by atoms with Gasteiger partial charge in [-0.3, -0.25) is 19.0 Å². The molecule has 1 fully saturated rings. The van der Waals surface area contributed by atoms with Gasteiger partial charge in [-0.05, 0) is 0 Å². The predicted octanol–water partition coefficient (Wildman–Crippen LogP) is 0.839. The van der Waals surface area contributed by atoms with E-state index < -0.39 is 36.5 Å². The highest BCUT2D eigenvalue weighted by Crippen LogP contribution is 2.35. The van der Waals surface area contributed by atoms with Crippen LogP contribution in [0.25, 0.3) is 11.2 Å². The number of rotatable bonds is 5. The van der Waals surface area contributed by atoms with Crippen molar-refractivity contribution < 1.29 is 28.6 Å². The first-order valence-corrected chi connectivity index (χ1v) is 8.17. The maximum Gasteiger partial charge on any atom is 0.303 e. The Kier molecular flexibility index (Phi) is 5.09. The summed E-state index contributed by atoms with van der Waals surface area (Å²) in [5, 5.41) is 0. The van der Waals surface area contributed by atoms with E-state index >= 15 is 0 Å². The molecule has 10 nitrogen and oxygen atoms in total. The van der Waals surface area contributed by atoms with Gasteiger partial charge in [0.25, 0.3) is 0 Å². The van der Waals surface area contributed by atoms with Gasteiger partial charge in [0.15, 0.2) is 23.3 Å². The van der Waals surface area contributed by atoms with E-state index in [1.165, 1.54) is 26.5 Å². The molecule has 1 N–H and O–H groups in total. The Bertz CT molecular complexity index is 909. The quantitative estimate of drug-likeness (QED) is 0.456. The third-order valence-electron chi connectivity index (χ3n) is 3.87. The number of aromatic amines is 1. The van der Waals surface area contributed by atoms with Gasteiger partial charge in [0.05, 0.1) is 12.7 Å². The van der Waals surface area contributed by atoms with Crippen LogP contribution in [0.2, 0.25) is 0 Å². The zero-order valence-electron chi connectivity index (χ0n) is 13.9. The number of aromatic nitrogens is 4. The number of aldehydes is 1. The van der Waals surface area contributed by atoms with Gasteiger partial charge in [0.1, 0.15) is 23.4 Å². The lowest BCUT2D eigenvalue weighted by atomic mass is 10.1. The van der Waals surface area contributed by atoms with E-state index in [-0.39, 0.29) is 6.42 Å². The van der Waals surface area contributed by atoms with E-state index in [1.807, 2.05) is 0 Å². The molecule has 138 valence electrons. The monoisotopic (exact) mass is 380 g/mol. The molecule has 11 heteroatoms. The van der Waals surface area contributed by atoms with Gasteiger partial charge in [-0.25, -0.2) is 9.97 Å². The maximum absolute atomic E-state index is 11.5. The molecule has 4 atom stereocenters. The summed E-state index contributed by atoms with van der Waals surface area (Å²) < 4.78 is 18.1. The molecule has 0 aliphatic carbocycles. The topological polar surface area (TPSA) is 125 Å². The minimum absolute atomic E-state index is 0.173. The van der Waals surface area contributed by atoms with Gasteiger partial charge in [-0.2, -0.15) is 0 Å². The van der Waals surface area contributed by atoms with Crippen LogP contribution in [-0.2, 0) is 28.6 Å². The van der Waals surface area contributed by atoms with Crippen LogP contribution in [-0.4, -0.2) is 56.1 Å². The van der Waals surface area contributed by atoms with Crippen molar-refractivity contribution in [3.63, 3.8) is 0 Å². The van der Waals surface area contributed by atoms with Crippen LogP contribution in [0.15, 0.2) is 12.7 Å². The average molecular weight is 380 g/mol. The Morgan fingerprint density at radius 2 is 2.19 bits per heavy atom. The van der Waals surface area contributed by atoms with Crippen LogP contribution in [0.3, 0.4) is 0 Å². The number of imidazole rings is 1. The number of nitrogens with zero attached hydrogens (tertiary/aromatic N) is 3. The van der Waals surface area contributed by atoms with Crippen LogP contribution >= 0.6 is 12.2 Å². The SMILES string of the molecule is CC(=O)O[C@H]1C[C@H]([C@@H](C=O)OC(C)=O)O[C@@H]1n1cnc2c(=S)nc[nH]c21. The molecule has 1 aliphatic rings. The third kappa shape index (κ3) is 3.48. The number of ether oxygens (including phenoxy) is 3. The van der Waals surface area contributed by atoms with Crippen molar-refractivity contribution in [2.45, 2.75) is 44.8 Å². The summed E-state index contributed by atoms with van der Waals surface area (Å²) >= 11 is 5.14. The van der Waals surface area contributed by atoms with Crippen molar-refractivity contribution in [2.75, 3.05) is 0 Å². The number of nitrogens with one attached hydrogen (secondary N) is 1. The molecule has 1 saturated heterocycles. The van der Waals surface area contributed by atoms with Crippen LogP contribution in [0.4, 0.5) is 0 Å². The zero-order valence-corrected chi connectivity index (χ0v) is 14.8. The summed E-state index contributed by atoms with van der Waals surface area (Å²) in [4.78, 5) is 45.0. The van der Waals surface area contributed by atoms with Gasteiger partial charge >= 0.3 is 11.9 Å². The van der Waals surface area contributed by atoms with Crippen LogP contribution in [0.1, 0.15) is 26.5 Å². The van der Waals surface area contributed by atoms with Crippen molar-refractivity contribution in [1.29, 1.82) is 0 Å². The van der Waals surface area contributed by atoms with Crippen molar-refractivity contribution >= 4 is 41.6 Å². The first kappa shape index (κ1) is 18.1. The molecule has 2 aromatic rings. The molecule has 0 spiro atoms. The van der Waals surface area contributed by atoms with E-state index in [0.29, 0.717) is 22.1 Å². The van der Waals surface area contributed by atoms with Gasteiger partial charge in [-0.1, -0.05) is 12.2 Å². The molecule has 0 amide bonds. The summed E-state index contributed by atoms with van der Waals surface area (Å²) in [6, 6.07) is 0. The minimum atomic E-state index is -1.11. The lowest BCUT2D eigenvalue weighted by molar-refractivity contribution is -0.160. The second-order valence-corrected chi connectivity index (χ2v) is 6.10. The molecular weight excluding hydrogens is 364 g/mol. The fourth-order valence-electron chi connectivity index (χ4n) is 2.89. The maximum atomic E-state index is 11.5. The number of carbonyl (C=O) groups is 3. The highest BCUT2D eigenvalue weighted by molar-refractivity contribution is 7.71. The van der Waals surface area contributed by atoms with E-state index in [4.69, 9.17) is 26.4 Å². The lowest BCUT2D eigenvalue weighted by Gasteiger charge is -2.20. The van der Waals surface area contributed by atoms with Crippen molar-refractivity contribution in [3.8, 4) is 0 Å². The number of hydrogen-bond donors (Lipinski definition) is 1. The minimum Gasteiger partial charge on any atom is -0.458 e. The highest BCUT2D eigenvalue weighted by Gasteiger charge is 2.44. The fourth-order valence-corrected chi connectivity index (χ4v) is 3.10. The predicted molar refractivity (Wildman–Crippen MR) is 88.4 cm³/mol. The molecule has 2 aromatic heterocycles. The van der Waals surface area contributed by atoms with Gasteiger partial charge < -0.3 is 19.2 Å². The zero-order chi connectivity index (χ0) is 18.8. The van der Waals surface area contributed by atoms with Crippen molar-refractivity contribution in [2.24, 2.45) is 0 Å². The number of H-pyrrole nitrogens is 1. The molecule has 0 saturated carbocycles. The second-order valence-electron chi connectivity index (χ2n) is 5.72. The largest absolute Gasteiger partial charge is 0.458 e.